The molecule has 1 aromatic carbocycles. The van der Waals surface area contributed by atoms with E-state index in [2.05, 4.69) is 42.0 Å². The fourth-order valence-electron chi connectivity index (χ4n) is 3.45. The molecule has 6 heteroatoms. The Morgan fingerprint density at radius 1 is 1.32 bits per heavy atom. The monoisotopic (exact) mass is 390 g/mol. The lowest BCUT2D eigenvalue weighted by atomic mass is 9.99. The van der Waals surface area contributed by atoms with Gasteiger partial charge in [-0.15, -0.1) is 0 Å². The molecule has 0 spiro atoms. The number of rotatable bonds is 4. The number of carbonyl (C=O) groups is 1. The van der Waals surface area contributed by atoms with E-state index in [4.69, 9.17) is 4.74 Å². The molecule has 1 aliphatic heterocycles. The van der Waals surface area contributed by atoms with Crippen LogP contribution in [0.1, 0.15) is 51.7 Å². The van der Waals surface area contributed by atoms with Gasteiger partial charge in [0.2, 0.25) is 5.91 Å². The van der Waals surface area contributed by atoms with E-state index in [1.165, 1.54) is 0 Å². The van der Waals surface area contributed by atoms with Gasteiger partial charge in [-0.1, -0.05) is 17.9 Å². The minimum absolute atomic E-state index is 0.231. The molecule has 0 atom stereocenters. The van der Waals surface area contributed by atoms with Crippen LogP contribution in [0.3, 0.4) is 0 Å². The number of carbonyl (C=O) groups excluding carboxylic acids is 1. The lowest BCUT2D eigenvalue weighted by molar-refractivity contribution is -0.133. The van der Waals surface area contributed by atoms with Gasteiger partial charge in [-0.05, 0) is 52.7 Å². The SMILES string of the molecule is CC(C)N1CCOCc2c(C#CC(C)(C)NC(=O)C3(C(F)F)CC3)cccc21. The van der Waals surface area contributed by atoms with Crippen LogP contribution in [0.15, 0.2) is 18.2 Å². The van der Waals surface area contributed by atoms with E-state index in [-0.39, 0.29) is 12.8 Å². The molecule has 1 heterocycles. The summed E-state index contributed by atoms with van der Waals surface area (Å²) in [6, 6.07) is 6.30. The first-order valence-electron chi connectivity index (χ1n) is 9.76. The summed E-state index contributed by atoms with van der Waals surface area (Å²) in [6.07, 6.45) is -2.18. The minimum Gasteiger partial charge on any atom is -0.375 e. The number of amides is 1. The van der Waals surface area contributed by atoms with Crippen molar-refractivity contribution in [3.05, 3.63) is 29.3 Å². The van der Waals surface area contributed by atoms with Gasteiger partial charge in [0, 0.05) is 29.4 Å². The zero-order valence-corrected chi connectivity index (χ0v) is 16.9. The molecule has 2 aliphatic rings. The highest BCUT2D eigenvalue weighted by Crippen LogP contribution is 2.51. The van der Waals surface area contributed by atoms with Crippen molar-refractivity contribution in [3.63, 3.8) is 0 Å². The minimum atomic E-state index is -2.64. The number of nitrogens with zero attached hydrogens (tertiary/aromatic N) is 1. The van der Waals surface area contributed by atoms with Gasteiger partial charge < -0.3 is 15.0 Å². The Hall–Kier alpha value is -2.13. The van der Waals surface area contributed by atoms with Crippen LogP contribution in [0, 0.1) is 17.3 Å². The smallest absolute Gasteiger partial charge is 0.252 e. The summed E-state index contributed by atoms with van der Waals surface area (Å²) in [6.45, 7) is 9.70. The number of alkyl halides is 2. The largest absolute Gasteiger partial charge is 0.375 e. The van der Waals surface area contributed by atoms with Crippen molar-refractivity contribution in [1.82, 2.24) is 5.32 Å². The van der Waals surface area contributed by atoms with E-state index in [0.29, 0.717) is 19.3 Å². The van der Waals surface area contributed by atoms with Crippen LogP contribution >= 0.6 is 0 Å². The predicted molar refractivity (Wildman–Crippen MR) is 105 cm³/mol. The maximum Gasteiger partial charge on any atom is 0.252 e. The Balaban J connectivity index is 1.84. The number of benzene rings is 1. The number of fused-ring (bicyclic) bond motifs is 1. The molecule has 28 heavy (non-hydrogen) atoms. The molecular formula is C22H28F2N2O2. The van der Waals surface area contributed by atoms with Crippen LogP contribution < -0.4 is 10.2 Å². The molecule has 1 N–H and O–H groups in total. The average Bonchev–Trinajstić information content (AvgIpc) is 3.43. The van der Waals surface area contributed by atoms with Crippen molar-refractivity contribution in [2.75, 3.05) is 18.1 Å². The number of anilines is 1. The van der Waals surface area contributed by atoms with E-state index in [9.17, 15) is 13.6 Å². The Morgan fingerprint density at radius 3 is 2.64 bits per heavy atom. The number of ether oxygens (including phenoxy) is 1. The van der Waals surface area contributed by atoms with E-state index in [1.807, 2.05) is 12.1 Å². The molecule has 3 rings (SSSR count). The highest BCUT2D eigenvalue weighted by molar-refractivity contribution is 5.86. The van der Waals surface area contributed by atoms with Gasteiger partial charge in [-0.3, -0.25) is 4.79 Å². The fourth-order valence-corrected chi connectivity index (χ4v) is 3.45. The van der Waals surface area contributed by atoms with Gasteiger partial charge in [-0.2, -0.15) is 0 Å². The second-order valence-corrected chi connectivity index (χ2v) is 8.43. The van der Waals surface area contributed by atoms with E-state index >= 15 is 0 Å². The summed E-state index contributed by atoms with van der Waals surface area (Å²) in [4.78, 5) is 14.6. The van der Waals surface area contributed by atoms with E-state index in [0.717, 1.165) is 23.4 Å². The maximum absolute atomic E-state index is 13.2. The molecule has 4 nitrogen and oxygen atoms in total. The van der Waals surface area contributed by atoms with Crippen molar-refractivity contribution in [3.8, 4) is 11.8 Å². The summed E-state index contributed by atoms with van der Waals surface area (Å²) in [5.74, 6) is 5.60. The first kappa shape index (κ1) is 20.6. The Kier molecular flexibility index (Phi) is 5.67. The summed E-state index contributed by atoms with van der Waals surface area (Å²) >= 11 is 0. The van der Waals surface area contributed by atoms with E-state index in [1.54, 1.807) is 13.8 Å². The summed E-state index contributed by atoms with van der Waals surface area (Å²) in [5.41, 5.74) is 0.537. The van der Waals surface area contributed by atoms with Gasteiger partial charge in [0.05, 0.1) is 18.8 Å². The number of halogens is 2. The van der Waals surface area contributed by atoms with Crippen LogP contribution in [-0.4, -0.2) is 37.1 Å². The number of hydrogen-bond donors (Lipinski definition) is 1. The molecule has 1 aromatic rings. The molecule has 1 amide bonds. The molecule has 0 aromatic heterocycles. The number of nitrogens with one attached hydrogen (secondary N) is 1. The summed E-state index contributed by atoms with van der Waals surface area (Å²) in [7, 11) is 0. The van der Waals surface area contributed by atoms with Gasteiger partial charge in [0.1, 0.15) is 5.41 Å². The molecule has 0 bridgehead atoms. The Labute approximate surface area is 165 Å². The number of hydrogen-bond acceptors (Lipinski definition) is 3. The standard InChI is InChI=1S/C22H28F2N2O2/c1-15(2)26-12-13-28-14-17-16(6-5-7-18(17)26)8-9-21(3,4)25-20(27)22(10-11-22)19(23)24/h5-7,15,19H,10-14H2,1-4H3,(H,25,27). The third kappa shape index (κ3) is 4.15. The molecule has 0 saturated heterocycles. The zero-order chi connectivity index (χ0) is 20.5. The van der Waals surface area contributed by atoms with Crippen molar-refractivity contribution in [2.24, 2.45) is 5.41 Å². The third-order valence-corrected chi connectivity index (χ3v) is 5.40. The van der Waals surface area contributed by atoms with Crippen molar-refractivity contribution < 1.29 is 18.3 Å². The van der Waals surface area contributed by atoms with Gasteiger partial charge in [-0.25, -0.2) is 8.78 Å². The highest BCUT2D eigenvalue weighted by Gasteiger charge is 2.58. The first-order valence-corrected chi connectivity index (χ1v) is 9.76. The van der Waals surface area contributed by atoms with E-state index < -0.39 is 23.3 Å². The maximum atomic E-state index is 13.2. The normalized spacial score (nSPS) is 18.2. The van der Waals surface area contributed by atoms with Crippen LogP contribution in [-0.2, 0) is 16.1 Å². The second-order valence-electron chi connectivity index (χ2n) is 8.43. The summed E-state index contributed by atoms with van der Waals surface area (Å²) in [5, 5.41) is 2.70. The van der Waals surface area contributed by atoms with Gasteiger partial charge in [0.15, 0.2) is 0 Å². The van der Waals surface area contributed by atoms with Crippen LogP contribution in [0.5, 0.6) is 0 Å². The molecular weight excluding hydrogens is 362 g/mol. The average molecular weight is 390 g/mol. The fraction of sp³-hybridized carbons (Fsp3) is 0.591. The Bertz CT molecular complexity index is 804. The van der Waals surface area contributed by atoms with Gasteiger partial charge >= 0.3 is 0 Å². The first-order chi connectivity index (χ1) is 13.2. The molecule has 1 aliphatic carbocycles. The second kappa shape index (κ2) is 7.71. The quantitative estimate of drug-likeness (QED) is 0.797. The molecule has 1 fully saturated rings. The molecule has 152 valence electrons. The Morgan fingerprint density at radius 2 is 2.04 bits per heavy atom. The highest BCUT2D eigenvalue weighted by atomic mass is 19.3. The van der Waals surface area contributed by atoms with Crippen molar-refractivity contribution in [1.29, 1.82) is 0 Å². The van der Waals surface area contributed by atoms with Crippen molar-refractivity contribution >= 4 is 11.6 Å². The van der Waals surface area contributed by atoms with Crippen LogP contribution in [0.4, 0.5) is 14.5 Å². The zero-order valence-electron chi connectivity index (χ0n) is 16.9. The lowest BCUT2D eigenvalue weighted by Crippen LogP contribution is -2.47. The predicted octanol–water partition coefficient (Wildman–Crippen LogP) is 3.72. The van der Waals surface area contributed by atoms with Crippen molar-refractivity contribution in [2.45, 2.75) is 65.1 Å². The molecule has 0 radical (unpaired) electrons. The molecule has 0 unspecified atom stereocenters. The van der Waals surface area contributed by atoms with Gasteiger partial charge in [0.25, 0.3) is 6.43 Å². The third-order valence-electron chi connectivity index (χ3n) is 5.40. The topological polar surface area (TPSA) is 41.6 Å². The molecule has 1 saturated carbocycles. The van der Waals surface area contributed by atoms with Crippen LogP contribution in [0.2, 0.25) is 0 Å². The summed E-state index contributed by atoms with van der Waals surface area (Å²) < 4.78 is 32.1. The van der Waals surface area contributed by atoms with Crippen LogP contribution in [0.25, 0.3) is 0 Å². The lowest BCUT2D eigenvalue weighted by Gasteiger charge is -2.28.